The van der Waals surface area contributed by atoms with Crippen LogP contribution in [0.3, 0.4) is 0 Å². The van der Waals surface area contributed by atoms with Gasteiger partial charge in [-0.05, 0) is 30.5 Å². The van der Waals surface area contributed by atoms with Crippen LogP contribution in [-0.4, -0.2) is 43.2 Å². The van der Waals surface area contributed by atoms with Gasteiger partial charge in [0.2, 0.25) is 0 Å². The summed E-state index contributed by atoms with van der Waals surface area (Å²) in [6, 6.07) is 5.22. The molecular formula is C14H23N3O2. The molecule has 0 bridgehead atoms. The zero-order valence-corrected chi connectivity index (χ0v) is 11.8. The summed E-state index contributed by atoms with van der Waals surface area (Å²) in [6.45, 7) is 2.94. The first kappa shape index (κ1) is 15.3. The van der Waals surface area contributed by atoms with Gasteiger partial charge in [0.25, 0.3) is 5.91 Å². The number of hydrogen-bond donors (Lipinski definition) is 3. The monoisotopic (exact) mass is 265 g/mol. The lowest BCUT2D eigenvalue weighted by atomic mass is 10.1. The molecule has 1 atom stereocenters. The van der Waals surface area contributed by atoms with Crippen molar-refractivity contribution in [3.05, 3.63) is 23.8 Å². The standard InChI is InChI=1S/C14H23N3O2/c1-10(6-7-18)9-16-13-8-11(4-5-12(13)15)14(19)17(2)3/h4-5,8,10,16,18H,6-7,9,15H2,1-3H3. The van der Waals surface area contributed by atoms with E-state index in [0.29, 0.717) is 23.7 Å². The number of carbonyl (C=O) groups is 1. The van der Waals surface area contributed by atoms with Gasteiger partial charge in [-0.2, -0.15) is 0 Å². The van der Waals surface area contributed by atoms with Gasteiger partial charge in [-0.25, -0.2) is 0 Å². The molecule has 1 aromatic rings. The van der Waals surface area contributed by atoms with Gasteiger partial charge in [0.1, 0.15) is 0 Å². The van der Waals surface area contributed by atoms with Crippen molar-refractivity contribution in [1.29, 1.82) is 0 Å². The first-order chi connectivity index (χ1) is 8.95. The number of anilines is 2. The Hall–Kier alpha value is -1.75. The molecule has 0 aliphatic carbocycles. The van der Waals surface area contributed by atoms with Crippen molar-refractivity contribution in [3.63, 3.8) is 0 Å². The highest BCUT2D eigenvalue weighted by Gasteiger charge is 2.10. The second-order valence-electron chi connectivity index (χ2n) is 5.00. The molecule has 4 N–H and O–H groups in total. The Kier molecular flexibility index (Phi) is 5.63. The Labute approximate surface area is 114 Å². The minimum Gasteiger partial charge on any atom is -0.397 e. The van der Waals surface area contributed by atoms with E-state index in [2.05, 4.69) is 5.32 Å². The number of rotatable bonds is 6. The minimum absolute atomic E-state index is 0.0496. The fraction of sp³-hybridized carbons (Fsp3) is 0.500. The summed E-state index contributed by atoms with van der Waals surface area (Å²) in [5.74, 6) is 0.295. The Bertz CT molecular complexity index is 433. The Morgan fingerprint density at radius 3 is 2.74 bits per heavy atom. The molecule has 0 heterocycles. The zero-order valence-electron chi connectivity index (χ0n) is 11.8. The number of hydrogen-bond acceptors (Lipinski definition) is 4. The summed E-state index contributed by atoms with van der Waals surface area (Å²) >= 11 is 0. The molecule has 0 fully saturated rings. The first-order valence-corrected chi connectivity index (χ1v) is 6.41. The number of aliphatic hydroxyl groups is 1. The number of amides is 1. The van der Waals surface area contributed by atoms with Crippen molar-refractivity contribution >= 4 is 17.3 Å². The maximum absolute atomic E-state index is 11.9. The van der Waals surface area contributed by atoms with Crippen LogP contribution in [0.2, 0.25) is 0 Å². The van der Waals surface area contributed by atoms with E-state index in [1.54, 1.807) is 32.3 Å². The molecule has 0 aliphatic heterocycles. The van der Waals surface area contributed by atoms with Crippen LogP contribution in [0.15, 0.2) is 18.2 Å². The van der Waals surface area contributed by atoms with Crippen molar-refractivity contribution in [2.75, 3.05) is 38.3 Å². The smallest absolute Gasteiger partial charge is 0.253 e. The third-order valence-corrected chi connectivity index (χ3v) is 2.97. The predicted molar refractivity (Wildman–Crippen MR) is 78.2 cm³/mol. The molecule has 0 saturated heterocycles. The summed E-state index contributed by atoms with van der Waals surface area (Å²) in [5, 5.41) is 12.1. The third kappa shape index (κ3) is 4.44. The van der Waals surface area contributed by atoms with Crippen LogP contribution < -0.4 is 11.1 Å². The van der Waals surface area contributed by atoms with E-state index < -0.39 is 0 Å². The van der Waals surface area contributed by atoms with Gasteiger partial charge < -0.3 is 21.1 Å². The maximum atomic E-state index is 11.9. The lowest BCUT2D eigenvalue weighted by molar-refractivity contribution is 0.0827. The first-order valence-electron chi connectivity index (χ1n) is 6.41. The summed E-state index contributed by atoms with van der Waals surface area (Å²) in [7, 11) is 3.43. The molecule has 5 heteroatoms. The molecule has 1 unspecified atom stereocenters. The fourth-order valence-electron chi connectivity index (χ4n) is 1.71. The second kappa shape index (κ2) is 6.99. The number of aliphatic hydroxyl groups excluding tert-OH is 1. The zero-order chi connectivity index (χ0) is 14.4. The molecule has 1 rings (SSSR count). The highest BCUT2D eigenvalue weighted by molar-refractivity contribution is 5.95. The maximum Gasteiger partial charge on any atom is 0.253 e. The van der Waals surface area contributed by atoms with Crippen molar-refractivity contribution in [2.24, 2.45) is 5.92 Å². The fourth-order valence-corrected chi connectivity index (χ4v) is 1.71. The van der Waals surface area contributed by atoms with Gasteiger partial charge in [0.15, 0.2) is 0 Å². The van der Waals surface area contributed by atoms with Crippen LogP contribution in [0.4, 0.5) is 11.4 Å². The largest absolute Gasteiger partial charge is 0.397 e. The van der Waals surface area contributed by atoms with Crippen molar-refractivity contribution in [2.45, 2.75) is 13.3 Å². The highest BCUT2D eigenvalue weighted by atomic mass is 16.3. The molecule has 0 aromatic heterocycles. The summed E-state index contributed by atoms with van der Waals surface area (Å²) < 4.78 is 0. The van der Waals surface area contributed by atoms with Crippen LogP contribution in [0.1, 0.15) is 23.7 Å². The minimum atomic E-state index is -0.0496. The molecule has 1 amide bonds. The van der Waals surface area contributed by atoms with Crippen LogP contribution in [-0.2, 0) is 0 Å². The lowest BCUT2D eigenvalue weighted by Gasteiger charge is -2.16. The summed E-state index contributed by atoms with van der Waals surface area (Å²) in [4.78, 5) is 13.4. The van der Waals surface area contributed by atoms with Gasteiger partial charge in [0.05, 0.1) is 11.4 Å². The number of nitrogens with two attached hydrogens (primary N) is 1. The number of nitrogens with zero attached hydrogens (tertiary/aromatic N) is 1. The Morgan fingerprint density at radius 2 is 2.16 bits per heavy atom. The van der Waals surface area contributed by atoms with Crippen molar-refractivity contribution in [3.8, 4) is 0 Å². The quantitative estimate of drug-likeness (QED) is 0.679. The predicted octanol–water partition coefficient (Wildman–Crippen LogP) is 1.40. The summed E-state index contributed by atoms with van der Waals surface area (Å²) in [6.07, 6.45) is 0.739. The van der Waals surface area contributed by atoms with Crippen LogP contribution in [0.25, 0.3) is 0 Å². The van der Waals surface area contributed by atoms with Crippen LogP contribution >= 0.6 is 0 Å². The Balaban J connectivity index is 2.77. The molecule has 5 nitrogen and oxygen atoms in total. The lowest BCUT2D eigenvalue weighted by Crippen LogP contribution is -2.22. The molecule has 106 valence electrons. The molecular weight excluding hydrogens is 242 g/mol. The number of nitrogens with one attached hydrogen (secondary N) is 1. The number of nitrogen functional groups attached to an aromatic ring is 1. The normalized spacial score (nSPS) is 12.0. The SMILES string of the molecule is CC(CCO)CNc1cc(C(=O)N(C)C)ccc1N. The second-order valence-corrected chi connectivity index (χ2v) is 5.00. The van der Waals surface area contributed by atoms with E-state index in [9.17, 15) is 4.79 Å². The van der Waals surface area contributed by atoms with Gasteiger partial charge in [-0.15, -0.1) is 0 Å². The number of benzene rings is 1. The van der Waals surface area contributed by atoms with Gasteiger partial charge >= 0.3 is 0 Å². The topological polar surface area (TPSA) is 78.6 Å². The molecule has 1 aromatic carbocycles. The summed E-state index contributed by atoms with van der Waals surface area (Å²) in [5.41, 5.74) is 7.88. The molecule has 0 saturated carbocycles. The third-order valence-electron chi connectivity index (χ3n) is 2.97. The van der Waals surface area contributed by atoms with E-state index in [0.717, 1.165) is 12.1 Å². The van der Waals surface area contributed by atoms with Crippen molar-refractivity contribution in [1.82, 2.24) is 4.90 Å². The van der Waals surface area contributed by atoms with Crippen molar-refractivity contribution < 1.29 is 9.90 Å². The van der Waals surface area contributed by atoms with E-state index in [4.69, 9.17) is 10.8 Å². The molecule has 0 aliphatic rings. The van der Waals surface area contributed by atoms with Gasteiger partial charge in [-0.1, -0.05) is 6.92 Å². The average Bonchev–Trinajstić information content (AvgIpc) is 2.37. The van der Waals surface area contributed by atoms with Crippen LogP contribution in [0.5, 0.6) is 0 Å². The van der Waals surface area contributed by atoms with Gasteiger partial charge in [0, 0.05) is 32.8 Å². The van der Waals surface area contributed by atoms with Crippen LogP contribution in [0, 0.1) is 5.92 Å². The average molecular weight is 265 g/mol. The van der Waals surface area contributed by atoms with E-state index in [1.807, 2.05) is 6.92 Å². The highest BCUT2D eigenvalue weighted by Crippen LogP contribution is 2.21. The van der Waals surface area contributed by atoms with Gasteiger partial charge in [-0.3, -0.25) is 4.79 Å². The molecule has 0 radical (unpaired) electrons. The molecule has 19 heavy (non-hydrogen) atoms. The Morgan fingerprint density at radius 1 is 1.47 bits per heavy atom. The van der Waals surface area contributed by atoms with E-state index >= 15 is 0 Å². The number of carbonyl (C=O) groups excluding carboxylic acids is 1. The van der Waals surface area contributed by atoms with E-state index in [-0.39, 0.29) is 12.5 Å². The van der Waals surface area contributed by atoms with E-state index in [1.165, 1.54) is 4.90 Å². The molecule has 0 spiro atoms.